The smallest absolute Gasteiger partial charge is 0.338 e. The zero-order valence-corrected chi connectivity index (χ0v) is 33.3. The van der Waals surface area contributed by atoms with E-state index in [1.165, 1.54) is 0 Å². The van der Waals surface area contributed by atoms with Gasteiger partial charge in [0.25, 0.3) is 0 Å². The van der Waals surface area contributed by atoms with E-state index in [-0.39, 0.29) is 49.5 Å². The minimum absolute atomic E-state index is 0.117. The fourth-order valence-corrected chi connectivity index (χ4v) is 9.51. The Labute approximate surface area is 330 Å². The van der Waals surface area contributed by atoms with Crippen molar-refractivity contribution >= 4 is 17.9 Å². The first kappa shape index (κ1) is 40.8. The van der Waals surface area contributed by atoms with Crippen molar-refractivity contribution in [3.05, 3.63) is 71.8 Å². The number of ether oxygens (including phenoxy) is 7. The van der Waals surface area contributed by atoms with Crippen LogP contribution in [0.2, 0.25) is 0 Å². The van der Waals surface area contributed by atoms with Crippen molar-refractivity contribution in [2.75, 3.05) is 6.61 Å². The number of esters is 3. The summed E-state index contributed by atoms with van der Waals surface area (Å²) in [6, 6.07) is 17.4. The number of carbonyl (C=O) groups excluding carboxylic acids is 3. The number of benzene rings is 2. The van der Waals surface area contributed by atoms with Gasteiger partial charge in [-0.2, -0.15) is 0 Å². The Hall–Kier alpha value is -3.39. The van der Waals surface area contributed by atoms with Crippen LogP contribution in [0, 0.1) is 23.7 Å². The van der Waals surface area contributed by atoms with Crippen molar-refractivity contribution < 1.29 is 57.3 Å². The summed E-state index contributed by atoms with van der Waals surface area (Å²) < 4.78 is 43.0. The topological polar surface area (TPSA) is 134 Å². The van der Waals surface area contributed by atoms with E-state index in [0.29, 0.717) is 42.2 Å². The van der Waals surface area contributed by atoms with Crippen molar-refractivity contribution in [1.29, 1.82) is 0 Å². The van der Waals surface area contributed by atoms with E-state index in [1.54, 1.807) is 48.5 Å². The summed E-state index contributed by atoms with van der Waals surface area (Å²) >= 11 is 0. The molecule has 2 aromatic carbocycles. The predicted octanol–water partition coefficient (Wildman–Crippen LogP) is 7.72. The molecule has 306 valence electrons. The SMILES string of the molecule is C[C@H]1[C@@H](CCOC(=O)CCCC[C@H](C)O[C@@H]2O[C@@H](C)[C@H](OC(=O)c3ccccc3)C[C@H]2OC(=O)c2ccccc2)O[C@@H]2O[C@@]3(C)CC[C@H]4[C@H](C)CC[C@@H]1[C@@]24OO3. The normalized spacial score (nSPS) is 36.7. The van der Waals surface area contributed by atoms with Gasteiger partial charge in [0.05, 0.1) is 36.0 Å². The van der Waals surface area contributed by atoms with Gasteiger partial charge in [-0.15, -0.1) is 0 Å². The van der Waals surface area contributed by atoms with Gasteiger partial charge in [-0.25, -0.2) is 19.4 Å². The average molecular weight is 779 g/mol. The van der Waals surface area contributed by atoms with Crippen LogP contribution in [0.4, 0.5) is 0 Å². The Bertz CT molecular complexity index is 1640. The molecule has 1 saturated carbocycles. The van der Waals surface area contributed by atoms with E-state index in [9.17, 15) is 14.4 Å². The van der Waals surface area contributed by atoms with E-state index in [4.69, 9.17) is 42.9 Å². The minimum Gasteiger partial charge on any atom is -0.466 e. The lowest BCUT2D eigenvalue weighted by atomic mass is 9.57. The van der Waals surface area contributed by atoms with E-state index in [2.05, 4.69) is 13.8 Å². The molecule has 13 atom stereocenters. The van der Waals surface area contributed by atoms with Crippen LogP contribution in [0.1, 0.15) is 120 Å². The summed E-state index contributed by atoms with van der Waals surface area (Å²) in [6.45, 7) is 10.5. The third-order valence-corrected chi connectivity index (χ3v) is 12.7. The molecule has 0 unspecified atom stereocenters. The van der Waals surface area contributed by atoms with Gasteiger partial charge in [0.2, 0.25) is 5.79 Å². The molecule has 5 heterocycles. The highest BCUT2D eigenvalue weighted by molar-refractivity contribution is 5.90. The Morgan fingerprint density at radius 3 is 2.20 bits per heavy atom. The first-order valence-corrected chi connectivity index (χ1v) is 20.6. The molecule has 0 aromatic heterocycles. The molecule has 1 aliphatic carbocycles. The monoisotopic (exact) mass is 778 g/mol. The molecule has 1 spiro atoms. The highest BCUT2D eigenvalue weighted by Crippen LogP contribution is 2.60. The molecule has 6 aliphatic rings. The molecule has 12 nitrogen and oxygen atoms in total. The average Bonchev–Trinajstić information content (AvgIpc) is 3.43. The number of unbranched alkanes of at least 4 members (excludes halogenated alkanes) is 1. The second-order valence-corrected chi connectivity index (χ2v) is 16.7. The van der Waals surface area contributed by atoms with E-state index in [0.717, 1.165) is 32.1 Å². The zero-order valence-electron chi connectivity index (χ0n) is 33.3. The molecule has 2 aromatic rings. The van der Waals surface area contributed by atoms with Crippen molar-refractivity contribution in [2.24, 2.45) is 23.7 Å². The van der Waals surface area contributed by atoms with Crippen molar-refractivity contribution in [2.45, 2.75) is 153 Å². The van der Waals surface area contributed by atoms with E-state index in [1.807, 2.05) is 32.9 Å². The lowest BCUT2D eigenvalue weighted by Gasteiger charge is -2.60. The van der Waals surface area contributed by atoms with Gasteiger partial charge >= 0.3 is 17.9 Å². The minimum atomic E-state index is -0.869. The number of rotatable bonds is 14. The summed E-state index contributed by atoms with van der Waals surface area (Å²) in [7, 11) is 0. The summed E-state index contributed by atoms with van der Waals surface area (Å²) in [5, 5.41) is 0. The largest absolute Gasteiger partial charge is 0.466 e. The van der Waals surface area contributed by atoms with Crippen molar-refractivity contribution in [3.8, 4) is 0 Å². The van der Waals surface area contributed by atoms with Gasteiger partial charge in [-0.3, -0.25) is 4.79 Å². The lowest BCUT2D eigenvalue weighted by molar-refractivity contribution is -0.571. The predicted molar refractivity (Wildman–Crippen MR) is 202 cm³/mol. The van der Waals surface area contributed by atoms with Crippen LogP contribution in [-0.4, -0.2) is 79.0 Å². The van der Waals surface area contributed by atoms with Gasteiger partial charge < -0.3 is 33.2 Å². The third kappa shape index (κ3) is 8.85. The molecular formula is C44H58O12. The van der Waals surface area contributed by atoms with Crippen molar-refractivity contribution in [1.82, 2.24) is 0 Å². The standard InChI is InChI=1S/C44H58O12/c1-27-20-21-34-29(3)35(53-42-44(34)33(27)22-24-43(5,54-42)55-56-44)23-25-48-38(45)19-13-12-14-28(2)49-41-37(52-40(47)32-17-10-7-11-18-32)26-36(30(4)50-41)51-39(46)31-15-8-6-9-16-31/h6-11,15-18,27-30,33-37,41-42H,12-14,19-26H2,1-5H3/t27-,28+,29-,30+,33+,34+,35-,36-,37-,41-,42-,43-,44-/m1/s1. The number of fused-ring (bicyclic) bond motifs is 2. The quantitative estimate of drug-likeness (QED) is 0.0805. The second kappa shape index (κ2) is 17.6. The molecule has 5 aliphatic heterocycles. The maximum atomic E-state index is 13.1. The summed E-state index contributed by atoms with van der Waals surface area (Å²) in [4.78, 5) is 50.9. The Morgan fingerprint density at radius 1 is 0.821 bits per heavy atom. The van der Waals surface area contributed by atoms with Gasteiger partial charge in [0, 0.05) is 31.6 Å². The third-order valence-electron chi connectivity index (χ3n) is 12.7. The second-order valence-electron chi connectivity index (χ2n) is 16.7. The van der Waals surface area contributed by atoms with Crippen molar-refractivity contribution in [3.63, 3.8) is 0 Å². The van der Waals surface area contributed by atoms with Gasteiger partial charge in [0.1, 0.15) is 6.10 Å². The van der Waals surface area contributed by atoms with Crippen LogP contribution in [-0.2, 0) is 47.7 Å². The summed E-state index contributed by atoms with van der Waals surface area (Å²) in [6.07, 6.45) is 3.27. The maximum Gasteiger partial charge on any atom is 0.338 e. The Morgan fingerprint density at radius 2 is 1.50 bits per heavy atom. The molecule has 8 rings (SSSR count). The molecular weight excluding hydrogens is 720 g/mol. The fraction of sp³-hybridized carbons (Fsp3) is 0.659. The van der Waals surface area contributed by atoms with Crippen LogP contribution < -0.4 is 0 Å². The van der Waals surface area contributed by atoms with Crippen LogP contribution >= 0.6 is 0 Å². The van der Waals surface area contributed by atoms with Crippen LogP contribution in [0.15, 0.2) is 60.7 Å². The Balaban J connectivity index is 0.860. The molecule has 0 N–H and O–H groups in total. The highest BCUT2D eigenvalue weighted by Gasteiger charge is 2.69. The van der Waals surface area contributed by atoms with Gasteiger partial charge in [0.15, 0.2) is 24.3 Å². The molecule has 6 fully saturated rings. The molecule has 56 heavy (non-hydrogen) atoms. The van der Waals surface area contributed by atoms with Crippen LogP contribution in [0.3, 0.4) is 0 Å². The molecule has 0 amide bonds. The molecule has 12 heteroatoms. The lowest BCUT2D eigenvalue weighted by Crippen LogP contribution is -2.70. The van der Waals surface area contributed by atoms with E-state index >= 15 is 0 Å². The summed E-state index contributed by atoms with van der Waals surface area (Å²) in [5.74, 6) is -0.812. The van der Waals surface area contributed by atoms with Crippen LogP contribution in [0.5, 0.6) is 0 Å². The van der Waals surface area contributed by atoms with Crippen LogP contribution in [0.25, 0.3) is 0 Å². The first-order valence-electron chi connectivity index (χ1n) is 20.6. The first-order chi connectivity index (χ1) is 27.0. The molecule has 0 radical (unpaired) electrons. The maximum absolute atomic E-state index is 13.1. The summed E-state index contributed by atoms with van der Waals surface area (Å²) in [5.41, 5.74) is 0.219. The Kier molecular flexibility index (Phi) is 12.8. The number of carbonyl (C=O) groups is 3. The highest BCUT2D eigenvalue weighted by atomic mass is 17.3. The number of hydrogen-bond donors (Lipinski definition) is 0. The van der Waals surface area contributed by atoms with Gasteiger partial charge in [-0.1, -0.05) is 56.7 Å². The number of hydrogen-bond acceptors (Lipinski definition) is 12. The molecule has 2 bridgehead atoms. The zero-order chi connectivity index (χ0) is 39.5. The van der Waals surface area contributed by atoms with Gasteiger partial charge in [-0.05, 0) is 94.9 Å². The van der Waals surface area contributed by atoms with E-state index < -0.39 is 54.2 Å². The molecule has 5 saturated heterocycles. The fourth-order valence-electron chi connectivity index (χ4n) is 9.51.